The number of benzene rings is 3. The molecule has 0 radical (unpaired) electrons. The van der Waals surface area contributed by atoms with E-state index >= 15 is 0 Å². The summed E-state index contributed by atoms with van der Waals surface area (Å²) in [6.07, 6.45) is 1.44. The largest absolute Gasteiger partial charge is 0.322 e. The van der Waals surface area contributed by atoms with Gasteiger partial charge in [0.15, 0.2) is 0 Å². The maximum atomic E-state index is 13.2. The van der Waals surface area contributed by atoms with E-state index in [1.807, 2.05) is 48.5 Å². The van der Waals surface area contributed by atoms with Gasteiger partial charge in [0.1, 0.15) is 0 Å². The van der Waals surface area contributed by atoms with Gasteiger partial charge in [-0.25, -0.2) is 13.4 Å². The molecular formula is C27H26N4O4S. The van der Waals surface area contributed by atoms with E-state index in [0.29, 0.717) is 24.5 Å². The topological polar surface area (TPSA) is 108 Å². The van der Waals surface area contributed by atoms with Gasteiger partial charge in [-0.05, 0) is 37.1 Å². The van der Waals surface area contributed by atoms with Gasteiger partial charge in [-0.3, -0.25) is 9.59 Å². The quantitative estimate of drug-likeness (QED) is 0.557. The molecule has 184 valence electrons. The minimum Gasteiger partial charge on any atom is -0.322 e. The Hall–Kier alpha value is -3.82. The third-order valence-electron chi connectivity index (χ3n) is 6.31. The zero-order valence-corrected chi connectivity index (χ0v) is 20.4. The number of carbonyl (C=O) groups is 2. The van der Waals surface area contributed by atoms with Gasteiger partial charge in [-0.15, -0.1) is 0 Å². The number of aliphatic imine (C=N–C) groups is 1. The van der Waals surface area contributed by atoms with Gasteiger partial charge >= 0.3 is 0 Å². The predicted molar refractivity (Wildman–Crippen MR) is 137 cm³/mol. The molecule has 1 saturated heterocycles. The highest BCUT2D eigenvalue weighted by molar-refractivity contribution is 7.89. The zero-order chi connectivity index (χ0) is 25.1. The lowest BCUT2D eigenvalue weighted by molar-refractivity contribution is -0.117. The number of fused-ring (bicyclic) bond motifs is 1. The van der Waals surface area contributed by atoms with Crippen LogP contribution in [-0.4, -0.2) is 49.5 Å². The molecule has 0 bridgehead atoms. The summed E-state index contributed by atoms with van der Waals surface area (Å²) >= 11 is 0. The van der Waals surface area contributed by atoms with Crippen LogP contribution in [0.25, 0.3) is 0 Å². The molecule has 3 aromatic carbocycles. The Balaban J connectivity index is 1.44. The summed E-state index contributed by atoms with van der Waals surface area (Å²) in [4.78, 5) is 30.9. The number of rotatable bonds is 5. The molecule has 1 atom stereocenters. The van der Waals surface area contributed by atoms with Crippen molar-refractivity contribution in [2.24, 2.45) is 4.99 Å². The Kier molecular flexibility index (Phi) is 6.67. The fourth-order valence-corrected chi connectivity index (χ4v) is 6.00. The van der Waals surface area contributed by atoms with Gasteiger partial charge in [-0.1, -0.05) is 61.0 Å². The van der Waals surface area contributed by atoms with Crippen molar-refractivity contribution in [3.8, 4) is 0 Å². The Morgan fingerprint density at radius 1 is 0.917 bits per heavy atom. The SMILES string of the molecule is O=C(NC1N=C(c2ccccc2)c2ccccc2NC1=O)c1cccc(S(=O)(=O)N2CCCCC2)c1. The second-order valence-electron chi connectivity index (χ2n) is 8.75. The van der Waals surface area contributed by atoms with Gasteiger partial charge in [0.05, 0.1) is 16.3 Å². The lowest BCUT2D eigenvalue weighted by Crippen LogP contribution is -2.42. The highest BCUT2D eigenvalue weighted by Crippen LogP contribution is 2.24. The third-order valence-corrected chi connectivity index (χ3v) is 8.21. The fourth-order valence-electron chi connectivity index (χ4n) is 4.44. The third kappa shape index (κ3) is 4.80. The standard InChI is InChI=1S/C27H26N4O4S/c32-26(20-12-9-13-21(18-20)36(34,35)31-16-7-2-8-17-31)30-25-27(33)28-23-15-6-5-14-22(23)24(29-25)19-10-3-1-4-11-19/h1,3-6,9-15,18,25H,2,7-8,16-17H2,(H,28,33)(H,30,32). The smallest absolute Gasteiger partial charge is 0.269 e. The molecule has 2 aliphatic heterocycles. The van der Waals surface area contributed by atoms with Crippen LogP contribution < -0.4 is 10.6 Å². The molecule has 8 nitrogen and oxygen atoms in total. The van der Waals surface area contributed by atoms with E-state index in [4.69, 9.17) is 0 Å². The molecule has 0 aromatic heterocycles. The van der Waals surface area contributed by atoms with Crippen LogP contribution in [-0.2, 0) is 14.8 Å². The number of para-hydroxylation sites is 1. The summed E-state index contributed by atoms with van der Waals surface area (Å²) in [6, 6.07) is 22.6. The summed E-state index contributed by atoms with van der Waals surface area (Å²) < 4.78 is 27.6. The Labute approximate surface area is 210 Å². The molecule has 1 unspecified atom stereocenters. The van der Waals surface area contributed by atoms with Crippen molar-refractivity contribution in [3.05, 3.63) is 95.6 Å². The molecule has 36 heavy (non-hydrogen) atoms. The van der Waals surface area contributed by atoms with Crippen LogP contribution in [0, 0.1) is 0 Å². The second kappa shape index (κ2) is 10.0. The van der Waals surface area contributed by atoms with Gasteiger partial charge in [0.25, 0.3) is 11.8 Å². The van der Waals surface area contributed by atoms with Crippen LogP contribution in [0.2, 0.25) is 0 Å². The van der Waals surface area contributed by atoms with E-state index in [-0.39, 0.29) is 10.5 Å². The van der Waals surface area contributed by atoms with Crippen LogP contribution in [0.4, 0.5) is 5.69 Å². The van der Waals surface area contributed by atoms with Crippen molar-refractivity contribution in [2.45, 2.75) is 30.3 Å². The fraction of sp³-hybridized carbons (Fsp3) is 0.222. The lowest BCUT2D eigenvalue weighted by Gasteiger charge is -2.26. The minimum atomic E-state index is -3.70. The summed E-state index contributed by atoms with van der Waals surface area (Å²) in [5, 5.41) is 5.51. The summed E-state index contributed by atoms with van der Waals surface area (Å²) in [5.41, 5.74) is 2.84. The Morgan fingerprint density at radius 3 is 2.42 bits per heavy atom. The van der Waals surface area contributed by atoms with Crippen LogP contribution in [0.5, 0.6) is 0 Å². The molecule has 0 aliphatic carbocycles. The molecule has 0 spiro atoms. The first-order valence-corrected chi connectivity index (χ1v) is 13.3. The molecule has 2 aliphatic rings. The van der Waals surface area contributed by atoms with Crippen LogP contribution in [0.1, 0.15) is 40.7 Å². The van der Waals surface area contributed by atoms with Gasteiger partial charge in [-0.2, -0.15) is 4.31 Å². The van der Waals surface area contributed by atoms with Crippen molar-refractivity contribution in [2.75, 3.05) is 18.4 Å². The predicted octanol–water partition coefficient (Wildman–Crippen LogP) is 3.41. The van der Waals surface area contributed by atoms with E-state index in [2.05, 4.69) is 15.6 Å². The first-order chi connectivity index (χ1) is 17.4. The number of sulfonamides is 1. The highest BCUT2D eigenvalue weighted by atomic mass is 32.2. The van der Waals surface area contributed by atoms with Gasteiger partial charge in [0.2, 0.25) is 16.2 Å². The molecule has 2 amide bonds. The highest BCUT2D eigenvalue weighted by Gasteiger charge is 2.29. The molecule has 1 fully saturated rings. The monoisotopic (exact) mass is 502 g/mol. The summed E-state index contributed by atoms with van der Waals surface area (Å²) in [7, 11) is -3.70. The average molecular weight is 503 g/mol. The number of hydrogen-bond donors (Lipinski definition) is 2. The average Bonchev–Trinajstić information content (AvgIpc) is 3.06. The number of nitrogens with zero attached hydrogens (tertiary/aromatic N) is 2. The van der Waals surface area contributed by atoms with Crippen LogP contribution in [0.3, 0.4) is 0 Å². The van der Waals surface area contributed by atoms with Crippen molar-refractivity contribution < 1.29 is 18.0 Å². The number of nitrogens with one attached hydrogen (secondary N) is 2. The van der Waals surface area contributed by atoms with E-state index < -0.39 is 28.0 Å². The Bertz CT molecular complexity index is 1430. The number of hydrogen-bond acceptors (Lipinski definition) is 5. The summed E-state index contributed by atoms with van der Waals surface area (Å²) in [6.45, 7) is 0.942. The first kappa shape index (κ1) is 23.9. The Morgan fingerprint density at radius 2 is 1.64 bits per heavy atom. The maximum absolute atomic E-state index is 13.2. The van der Waals surface area contributed by atoms with Crippen LogP contribution in [0.15, 0.2) is 88.8 Å². The number of anilines is 1. The van der Waals surface area contributed by atoms with E-state index in [0.717, 1.165) is 30.4 Å². The lowest BCUT2D eigenvalue weighted by atomic mass is 10.0. The number of benzodiazepines with no additional fused rings is 1. The number of piperidine rings is 1. The van der Waals surface area contributed by atoms with Crippen molar-refractivity contribution >= 4 is 33.2 Å². The first-order valence-electron chi connectivity index (χ1n) is 11.9. The van der Waals surface area contributed by atoms with Crippen molar-refractivity contribution in [1.82, 2.24) is 9.62 Å². The molecule has 9 heteroatoms. The van der Waals surface area contributed by atoms with Crippen molar-refractivity contribution in [3.63, 3.8) is 0 Å². The molecule has 0 saturated carbocycles. The molecule has 2 heterocycles. The normalized spacial score (nSPS) is 18.4. The summed E-state index contributed by atoms with van der Waals surface area (Å²) in [5.74, 6) is -1.08. The van der Waals surface area contributed by atoms with Crippen molar-refractivity contribution in [1.29, 1.82) is 0 Å². The molecular weight excluding hydrogens is 476 g/mol. The molecule has 2 N–H and O–H groups in total. The van der Waals surface area contributed by atoms with Gasteiger partial charge < -0.3 is 10.6 Å². The van der Waals surface area contributed by atoms with E-state index in [9.17, 15) is 18.0 Å². The van der Waals surface area contributed by atoms with Gasteiger partial charge in [0, 0.05) is 29.8 Å². The van der Waals surface area contributed by atoms with E-state index in [1.165, 1.54) is 28.6 Å². The second-order valence-corrected chi connectivity index (χ2v) is 10.7. The number of carbonyl (C=O) groups excluding carboxylic acids is 2. The van der Waals surface area contributed by atoms with Crippen LogP contribution >= 0.6 is 0 Å². The number of amides is 2. The molecule has 3 aromatic rings. The zero-order valence-electron chi connectivity index (χ0n) is 19.6. The minimum absolute atomic E-state index is 0.0586. The van der Waals surface area contributed by atoms with E-state index in [1.54, 1.807) is 6.07 Å². The maximum Gasteiger partial charge on any atom is 0.269 e. The molecule has 5 rings (SSSR count).